The zero-order chi connectivity index (χ0) is 9.42. The number of Topliss-reactive ketones (excluding diaryl/α,β-unsaturated/α-hetero) is 1. The molecule has 4 nitrogen and oxygen atoms in total. The number of hydrogen-bond acceptors (Lipinski definition) is 2. The summed E-state index contributed by atoms with van der Waals surface area (Å²) in [4.78, 5) is 23.4. The van der Waals surface area contributed by atoms with Gasteiger partial charge < -0.3 is 10.0 Å². The quantitative estimate of drug-likeness (QED) is 0.608. The van der Waals surface area contributed by atoms with Crippen molar-refractivity contribution in [1.82, 2.24) is 4.90 Å². The highest BCUT2D eigenvalue weighted by Gasteiger charge is 2.39. The molecule has 72 valence electrons. The number of ketones is 1. The lowest BCUT2D eigenvalue weighted by atomic mass is 9.88. The van der Waals surface area contributed by atoms with Gasteiger partial charge in [-0.2, -0.15) is 0 Å². The van der Waals surface area contributed by atoms with Crippen LogP contribution in [0.25, 0.3) is 0 Å². The van der Waals surface area contributed by atoms with Crippen molar-refractivity contribution in [3.63, 3.8) is 0 Å². The second-order valence-corrected chi connectivity index (χ2v) is 3.89. The Balaban J connectivity index is 2.03. The van der Waals surface area contributed by atoms with Crippen LogP contribution in [0.1, 0.15) is 19.3 Å². The van der Waals surface area contributed by atoms with Crippen molar-refractivity contribution >= 4 is 11.9 Å². The van der Waals surface area contributed by atoms with Gasteiger partial charge in [0, 0.05) is 25.4 Å². The van der Waals surface area contributed by atoms with E-state index in [4.69, 9.17) is 5.11 Å². The van der Waals surface area contributed by atoms with Gasteiger partial charge in [-0.1, -0.05) is 0 Å². The molecule has 1 aliphatic carbocycles. The molecule has 2 aliphatic rings. The Labute approximate surface area is 76.5 Å². The molecule has 13 heavy (non-hydrogen) atoms. The summed E-state index contributed by atoms with van der Waals surface area (Å²) in [7, 11) is 0. The van der Waals surface area contributed by atoms with Crippen molar-refractivity contribution in [2.45, 2.75) is 19.3 Å². The van der Waals surface area contributed by atoms with Gasteiger partial charge in [-0.05, 0) is 18.8 Å². The highest BCUT2D eigenvalue weighted by atomic mass is 16.4. The summed E-state index contributed by atoms with van der Waals surface area (Å²) in [6.07, 6.45) is 1.42. The second kappa shape index (κ2) is 3.01. The Morgan fingerprint density at radius 1 is 1.46 bits per heavy atom. The third kappa shape index (κ3) is 1.41. The molecule has 2 fully saturated rings. The lowest BCUT2D eigenvalue weighted by Gasteiger charge is -2.32. The molecular weight excluding hydrogens is 170 g/mol. The fourth-order valence-corrected chi connectivity index (χ4v) is 2.44. The van der Waals surface area contributed by atoms with Crippen molar-refractivity contribution < 1.29 is 14.7 Å². The number of fused-ring (bicyclic) bond motifs is 1. The molecule has 1 heterocycles. The summed E-state index contributed by atoms with van der Waals surface area (Å²) < 4.78 is 0. The Morgan fingerprint density at radius 3 is 2.92 bits per heavy atom. The first kappa shape index (κ1) is 8.53. The second-order valence-electron chi connectivity index (χ2n) is 3.89. The third-order valence-electron chi connectivity index (χ3n) is 3.18. The highest BCUT2D eigenvalue weighted by Crippen LogP contribution is 2.35. The van der Waals surface area contributed by atoms with Gasteiger partial charge in [0.25, 0.3) is 0 Å². The van der Waals surface area contributed by atoms with Gasteiger partial charge in [0.15, 0.2) is 0 Å². The van der Waals surface area contributed by atoms with Gasteiger partial charge in [0.2, 0.25) is 0 Å². The molecule has 1 saturated heterocycles. The Bertz CT molecular complexity index is 251. The number of nitrogens with zero attached hydrogens (tertiary/aromatic N) is 1. The fraction of sp³-hybridized carbons (Fsp3) is 0.778. The van der Waals surface area contributed by atoms with E-state index in [1.54, 1.807) is 0 Å². The van der Waals surface area contributed by atoms with Gasteiger partial charge >= 0.3 is 6.09 Å². The largest absolute Gasteiger partial charge is 0.465 e. The summed E-state index contributed by atoms with van der Waals surface area (Å²) in [6, 6.07) is 0. The van der Waals surface area contributed by atoms with Crippen LogP contribution in [-0.4, -0.2) is 35.0 Å². The molecular formula is C9H13NO3. The van der Waals surface area contributed by atoms with E-state index in [2.05, 4.69) is 0 Å². The van der Waals surface area contributed by atoms with Gasteiger partial charge in [-0.3, -0.25) is 4.79 Å². The molecule has 0 bridgehead atoms. The number of rotatable bonds is 0. The maximum Gasteiger partial charge on any atom is 0.407 e. The van der Waals surface area contributed by atoms with Gasteiger partial charge in [-0.25, -0.2) is 4.79 Å². The van der Waals surface area contributed by atoms with E-state index in [9.17, 15) is 9.59 Å². The van der Waals surface area contributed by atoms with Crippen LogP contribution in [-0.2, 0) is 4.79 Å². The monoisotopic (exact) mass is 183 g/mol. The minimum Gasteiger partial charge on any atom is -0.465 e. The third-order valence-corrected chi connectivity index (χ3v) is 3.18. The molecule has 1 aliphatic heterocycles. The zero-order valence-electron chi connectivity index (χ0n) is 7.40. The van der Waals surface area contributed by atoms with E-state index in [1.165, 1.54) is 4.90 Å². The van der Waals surface area contributed by atoms with Crippen molar-refractivity contribution in [3.8, 4) is 0 Å². The summed E-state index contributed by atoms with van der Waals surface area (Å²) >= 11 is 0. The zero-order valence-corrected chi connectivity index (χ0v) is 7.40. The van der Waals surface area contributed by atoms with Crippen LogP contribution in [0.15, 0.2) is 0 Å². The van der Waals surface area contributed by atoms with E-state index in [0.717, 1.165) is 12.8 Å². The first-order valence-corrected chi connectivity index (χ1v) is 4.69. The van der Waals surface area contributed by atoms with Gasteiger partial charge in [0.05, 0.1) is 0 Å². The smallest absolute Gasteiger partial charge is 0.407 e. The van der Waals surface area contributed by atoms with Crippen molar-refractivity contribution in [1.29, 1.82) is 0 Å². The summed E-state index contributed by atoms with van der Waals surface area (Å²) in [6.45, 7) is 1.09. The molecule has 0 aromatic rings. The van der Waals surface area contributed by atoms with E-state index in [1.807, 2.05) is 0 Å². The predicted molar refractivity (Wildman–Crippen MR) is 45.4 cm³/mol. The van der Waals surface area contributed by atoms with Crippen LogP contribution in [0.3, 0.4) is 0 Å². The molecule has 0 unspecified atom stereocenters. The van der Waals surface area contributed by atoms with Crippen LogP contribution in [0.4, 0.5) is 4.79 Å². The number of carbonyl (C=O) groups excluding carboxylic acids is 1. The Morgan fingerprint density at radius 2 is 2.23 bits per heavy atom. The van der Waals surface area contributed by atoms with Gasteiger partial charge in [0.1, 0.15) is 5.78 Å². The minimum absolute atomic E-state index is 0.163. The lowest BCUT2D eigenvalue weighted by Crippen LogP contribution is -2.42. The SMILES string of the molecule is O=C1CC[C@H]2CN(C(=O)O)CC[C@H]12. The molecule has 4 heteroatoms. The number of piperidine rings is 1. The van der Waals surface area contributed by atoms with Gasteiger partial charge in [-0.15, -0.1) is 0 Å². The number of carbonyl (C=O) groups is 2. The lowest BCUT2D eigenvalue weighted by molar-refractivity contribution is -0.122. The van der Waals surface area contributed by atoms with E-state index in [0.29, 0.717) is 31.2 Å². The maximum atomic E-state index is 11.3. The molecule has 0 aromatic heterocycles. The average molecular weight is 183 g/mol. The van der Waals surface area contributed by atoms with Crippen molar-refractivity contribution in [2.75, 3.05) is 13.1 Å². The average Bonchev–Trinajstić information content (AvgIpc) is 2.47. The molecule has 1 N–H and O–H groups in total. The van der Waals surface area contributed by atoms with Crippen LogP contribution in [0.5, 0.6) is 0 Å². The van der Waals surface area contributed by atoms with Crippen molar-refractivity contribution in [3.05, 3.63) is 0 Å². The number of carboxylic acid groups (broad SMARTS) is 1. The Hall–Kier alpha value is -1.06. The predicted octanol–water partition coefficient (Wildman–Crippen LogP) is 0.965. The fourth-order valence-electron chi connectivity index (χ4n) is 2.44. The van der Waals surface area contributed by atoms with Crippen LogP contribution >= 0.6 is 0 Å². The number of likely N-dealkylation sites (tertiary alicyclic amines) is 1. The first-order chi connectivity index (χ1) is 6.18. The standard InChI is InChI=1S/C9H13NO3/c11-8-2-1-6-5-10(9(12)13)4-3-7(6)8/h6-7H,1-5H2,(H,12,13)/t6-,7-/m0/s1. The van der Waals surface area contributed by atoms with Crippen molar-refractivity contribution in [2.24, 2.45) is 11.8 Å². The normalized spacial score (nSPS) is 33.2. The first-order valence-electron chi connectivity index (χ1n) is 4.69. The minimum atomic E-state index is -0.849. The molecule has 0 spiro atoms. The maximum absolute atomic E-state index is 11.3. The molecule has 0 radical (unpaired) electrons. The summed E-state index contributed by atoms with van der Waals surface area (Å²) in [5.74, 6) is 0.808. The Kier molecular flexibility index (Phi) is 1.98. The van der Waals surface area contributed by atoms with Crippen LogP contribution < -0.4 is 0 Å². The number of amides is 1. The highest BCUT2D eigenvalue weighted by molar-refractivity contribution is 5.83. The van der Waals surface area contributed by atoms with Crippen LogP contribution in [0.2, 0.25) is 0 Å². The number of hydrogen-bond donors (Lipinski definition) is 1. The molecule has 2 rings (SSSR count). The van der Waals surface area contributed by atoms with E-state index in [-0.39, 0.29) is 5.92 Å². The summed E-state index contributed by atoms with van der Waals surface area (Å²) in [5.41, 5.74) is 0. The molecule has 2 atom stereocenters. The molecule has 1 saturated carbocycles. The summed E-state index contributed by atoms with van der Waals surface area (Å²) in [5, 5.41) is 8.77. The van der Waals surface area contributed by atoms with Crippen LogP contribution in [0, 0.1) is 11.8 Å². The molecule has 1 amide bonds. The topological polar surface area (TPSA) is 57.6 Å². The molecule has 0 aromatic carbocycles. The van der Waals surface area contributed by atoms with E-state index >= 15 is 0 Å². The van der Waals surface area contributed by atoms with E-state index < -0.39 is 6.09 Å².